The maximum atomic E-state index is 13.2. The Hall–Kier alpha value is -2.64. The molecule has 1 fully saturated rings. The van der Waals surface area contributed by atoms with Crippen LogP contribution in [0.15, 0.2) is 42.5 Å². The predicted molar refractivity (Wildman–Crippen MR) is 130 cm³/mol. The fourth-order valence-electron chi connectivity index (χ4n) is 4.36. The molecule has 2 aromatic carbocycles. The molecular weight excluding hydrogens is 419 g/mol. The van der Waals surface area contributed by atoms with Crippen LogP contribution in [0, 0.1) is 5.82 Å². The summed E-state index contributed by atoms with van der Waals surface area (Å²) < 4.78 is 19.2. The fourth-order valence-corrected chi connectivity index (χ4v) is 4.36. The van der Waals surface area contributed by atoms with Crippen molar-refractivity contribution in [2.24, 2.45) is 0 Å². The topological polar surface area (TPSA) is 62.0 Å². The Balaban J connectivity index is 1.59. The molecule has 2 aromatic rings. The zero-order valence-corrected chi connectivity index (χ0v) is 20.3. The van der Waals surface area contributed by atoms with E-state index in [0.717, 1.165) is 43.9 Å². The SMILES string of the molecule is CCN(CC)Cc1cc(N)ccc1OCC(=O)N1CC(C)N(Cc2ccc(F)cc2)CC1C. The van der Waals surface area contributed by atoms with Crippen molar-refractivity contribution in [3.05, 3.63) is 59.4 Å². The Bertz CT molecular complexity index is 917. The zero-order valence-electron chi connectivity index (χ0n) is 20.3. The number of amides is 1. The first-order valence-electron chi connectivity index (χ1n) is 11.8. The van der Waals surface area contributed by atoms with Crippen molar-refractivity contribution in [3.63, 3.8) is 0 Å². The van der Waals surface area contributed by atoms with Gasteiger partial charge >= 0.3 is 0 Å². The normalized spacial score (nSPS) is 19.2. The van der Waals surface area contributed by atoms with Gasteiger partial charge in [0.05, 0.1) is 0 Å². The lowest BCUT2D eigenvalue weighted by Gasteiger charge is -2.44. The molecule has 3 rings (SSSR count). The summed E-state index contributed by atoms with van der Waals surface area (Å²) in [6, 6.07) is 12.5. The molecule has 6 nitrogen and oxygen atoms in total. The molecular formula is C26H37FN4O2. The second-order valence-corrected chi connectivity index (χ2v) is 8.92. The standard InChI is InChI=1S/C26H37FN4O2/c1-5-29(6-2)17-22-13-24(28)11-12-25(22)33-18-26(32)31-15-19(3)30(14-20(31)4)16-21-7-9-23(27)10-8-21/h7-13,19-20H,5-6,14-18,28H2,1-4H3. The molecule has 1 saturated heterocycles. The highest BCUT2D eigenvalue weighted by molar-refractivity contribution is 5.78. The number of carbonyl (C=O) groups excluding carboxylic acids is 1. The van der Waals surface area contributed by atoms with Crippen LogP contribution in [0.1, 0.15) is 38.8 Å². The summed E-state index contributed by atoms with van der Waals surface area (Å²) in [6.07, 6.45) is 0. The van der Waals surface area contributed by atoms with Crippen LogP contribution in [0.2, 0.25) is 0 Å². The van der Waals surface area contributed by atoms with Gasteiger partial charge in [-0.1, -0.05) is 26.0 Å². The minimum Gasteiger partial charge on any atom is -0.483 e. The lowest BCUT2D eigenvalue weighted by atomic mass is 10.1. The van der Waals surface area contributed by atoms with Crippen LogP contribution in [0.25, 0.3) is 0 Å². The third-order valence-corrected chi connectivity index (χ3v) is 6.46. The van der Waals surface area contributed by atoms with Crippen molar-refractivity contribution in [1.29, 1.82) is 0 Å². The van der Waals surface area contributed by atoms with E-state index in [9.17, 15) is 9.18 Å². The smallest absolute Gasteiger partial charge is 0.260 e. The minimum atomic E-state index is -0.225. The molecule has 0 aromatic heterocycles. The third kappa shape index (κ3) is 6.68. The average Bonchev–Trinajstić information content (AvgIpc) is 2.80. The number of ether oxygens (including phenoxy) is 1. The number of rotatable bonds is 9. The zero-order chi connectivity index (χ0) is 24.0. The molecule has 2 atom stereocenters. The molecule has 1 heterocycles. The highest BCUT2D eigenvalue weighted by Crippen LogP contribution is 2.24. The first-order chi connectivity index (χ1) is 15.8. The van der Waals surface area contributed by atoms with Gasteiger partial charge in [0.25, 0.3) is 5.91 Å². The van der Waals surface area contributed by atoms with Crippen molar-refractivity contribution in [2.75, 3.05) is 38.5 Å². The van der Waals surface area contributed by atoms with Crippen LogP contribution in [-0.2, 0) is 17.9 Å². The highest BCUT2D eigenvalue weighted by atomic mass is 19.1. The quantitative estimate of drug-likeness (QED) is 0.583. The van der Waals surface area contributed by atoms with Gasteiger partial charge in [-0.15, -0.1) is 0 Å². The molecule has 0 bridgehead atoms. The van der Waals surface area contributed by atoms with Crippen LogP contribution in [-0.4, -0.2) is 65.5 Å². The largest absolute Gasteiger partial charge is 0.483 e. The number of carbonyl (C=O) groups is 1. The number of piperazine rings is 1. The van der Waals surface area contributed by atoms with Crippen LogP contribution in [0.4, 0.5) is 10.1 Å². The van der Waals surface area contributed by atoms with E-state index >= 15 is 0 Å². The molecule has 0 saturated carbocycles. The molecule has 7 heteroatoms. The third-order valence-electron chi connectivity index (χ3n) is 6.46. The van der Waals surface area contributed by atoms with Crippen LogP contribution < -0.4 is 10.5 Å². The van der Waals surface area contributed by atoms with Crippen molar-refractivity contribution in [2.45, 2.75) is 52.9 Å². The van der Waals surface area contributed by atoms with Gasteiger partial charge in [-0.2, -0.15) is 0 Å². The maximum absolute atomic E-state index is 13.2. The summed E-state index contributed by atoms with van der Waals surface area (Å²) in [4.78, 5) is 19.6. The molecule has 0 radical (unpaired) electrons. The number of hydrogen-bond acceptors (Lipinski definition) is 5. The highest BCUT2D eigenvalue weighted by Gasteiger charge is 2.32. The number of nitrogens with two attached hydrogens (primary N) is 1. The van der Waals surface area contributed by atoms with Gasteiger partial charge in [0.1, 0.15) is 11.6 Å². The summed E-state index contributed by atoms with van der Waals surface area (Å²) in [5.74, 6) is 0.471. The van der Waals surface area contributed by atoms with Crippen LogP contribution in [0.3, 0.4) is 0 Å². The summed E-state index contributed by atoms with van der Waals surface area (Å²) >= 11 is 0. The predicted octanol–water partition coefficient (Wildman–Crippen LogP) is 3.75. The summed E-state index contributed by atoms with van der Waals surface area (Å²) in [6.45, 7) is 13.2. The second-order valence-electron chi connectivity index (χ2n) is 8.92. The molecule has 0 aliphatic carbocycles. The molecule has 180 valence electrons. The molecule has 33 heavy (non-hydrogen) atoms. The molecule has 2 N–H and O–H groups in total. The molecule has 1 aliphatic heterocycles. The van der Waals surface area contributed by atoms with Crippen molar-refractivity contribution in [3.8, 4) is 5.75 Å². The number of hydrogen-bond donors (Lipinski definition) is 1. The average molecular weight is 457 g/mol. The van der Waals surface area contributed by atoms with Crippen molar-refractivity contribution >= 4 is 11.6 Å². The van der Waals surface area contributed by atoms with Gasteiger partial charge in [-0.05, 0) is 62.8 Å². The Morgan fingerprint density at radius 2 is 1.79 bits per heavy atom. The monoisotopic (exact) mass is 456 g/mol. The van der Waals surface area contributed by atoms with E-state index in [1.54, 1.807) is 0 Å². The number of nitrogens with zero attached hydrogens (tertiary/aromatic N) is 3. The van der Waals surface area contributed by atoms with Crippen LogP contribution >= 0.6 is 0 Å². The van der Waals surface area contributed by atoms with Gasteiger partial charge in [-0.25, -0.2) is 4.39 Å². The molecule has 0 spiro atoms. The number of anilines is 1. The molecule has 2 unspecified atom stereocenters. The summed E-state index contributed by atoms with van der Waals surface area (Å²) in [5.41, 5.74) is 8.76. The number of halogens is 1. The number of nitrogen functional groups attached to an aromatic ring is 1. The maximum Gasteiger partial charge on any atom is 0.260 e. The van der Waals surface area contributed by atoms with Gasteiger partial charge in [0.2, 0.25) is 0 Å². The summed E-state index contributed by atoms with van der Waals surface area (Å²) in [5, 5.41) is 0. The summed E-state index contributed by atoms with van der Waals surface area (Å²) in [7, 11) is 0. The van der Waals surface area contributed by atoms with E-state index in [0.29, 0.717) is 18.0 Å². The Morgan fingerprint density at radius 1 is 1.09 bits per heavy atom. The van der Waals surface area contributed by atoms with Gasteiger partial charge < -0.3 is 15.4 Å². The van der Waals surface area contributed by atoms with Crippen molar-refractivity contribution in [1.82, 2.24) is 14.7 Å². The van der Waals surface area contributed by atoms with E-state index in [2.05, 4.69) is 37.5 Å². The van der Waals surface area contributed by atoms with E-state index in [4.69, 9.17) is 10.5 Å². The Kier molecular flexibility index (Phi) is 8.69. The molecule has 1 aliphatic rings. The Labute approximate surface area is 197 Å². The first kappa shape index (κ1) is 25.0. The number of benzene rings is 2. The van der Waals surface area contributed by atoms with Crippen molar-refractivity contribution < 1.29 is 13.9 Å². The lowest BCUT2D eigenvalue weighted by molar-refractivity contribution is -0.139. The molecule has 1 amide bonds. The van der Waals surface area contributed by atoms with Gasteiger partial charge in [-0.3, -0.25) is 14.6 Å². The van der Waals surface area contributed by atoms with Crippen LogP contribution in [0.5, 0.6) is 5.75 Å². The van der Waals surface area contributed by atoms with E-state index < -0.39 is 0 Å². The van der Waals surface area contributed by atoms with E-state index in [1.807, 2.05) is 35.2 Å². The second kappa shape index (κ2) is 11.5. The fraction of sp³-hybridized carbons (Fsp3) is 0.500. The lowest BCUT2D eigenvalue weighted by Crippen LogP contribution is -2.58. The first-order valence-corrected chi connectivity index (χ1v) is 11.8. The van der Waals surface area contributed by atoms with Gasteiger partial charge in [0.15, 0.2) is 6.61 Å². The minimum absolute atomic E-state index is 0.00416. The Morgan fingerprint density at radius 3 is 2.45 bits per heavy atom. The van der Waals surface area contributed by atoms with E-state index in [-0.39, 0.29) is 30.4 Å². The van der Waals surface area contributed by atoms with E-state index in [1.165, 1.54) is 12.1 Å². The van der Waals surface area contributed by atoms with Gasteiger partial charge in [0, 0.05) is 49.5 Å².